The SMILES string of the molecule is CCN(CCNC(=NC)N1CCC(OCC2CCCCO2)CC1)c1cccc(C)c1. The maximum absolute atomic E-state index is 6.15. The zero-order chi connectivity index (χ0) is 21.2. The van der Waals surface area contributed by atoms with E-state index in [0.29, 0.717) is 12.2 Å². The Labute approximate surface area is 182 Å². The van der Waals surface area contributed by atoms with E-state index < -0.39 is 0 Å². The molecule has 1 atom stereocenters. The van der Waals surface area contributed by atoms with Gasteiger partial charge in [0.1, 0.15) is 0 Å². The van der Waals surface area contributed by atoms with Gasteiger partial charge in [-0.2, -0.15) is 0 Å². The third-order valence-corrected chi connectivity index (χ3v) is 6.16. The van der Waals surface area contributed by atoms with Crippen molar-refractivity contribution in [3.8, 4) is 0 Å². The Balaban J connectivity index is 1.38. The highest BCUT2D eigenvalue weighted by Crippen LogP contribution is 2.18. The Morgan fingerprint density at radius 3 is 2.77 bits per heavy atom. The van der Waals surface area contributed by atoms with E-state index in [1.807, 2.05) is 7.05 Å². The Bertz CT molecular complexity index is 652. The summed E-state index contributed by atoms with van der Waals surface area (Å²) < 4.78 is 11.9. The normalized spacial score (nSPS) is 21.0. The molecule has 0 amide bonds. The van der Waals surface area contributed by atoms with Gasteiger partial charge in [0.25, 0.3) is 0 Å². The summed E-state index contributed by atoms with van der Waals surface area (Å²) in [5.41, 5.74) is 2.59. The van der Waals surface area contributed by atoms with E-state index in [0.717, 1.165) is 71.2 Å². The molecule has 0 bridgehead atoms. The number of aryl methyl sites for hydroxylation is 1. The van der Waals surface area contributed by atoms with Crippen LogP contribution in [0.15, 0.2) is 29.3 Å². The molecule has 1 aromatic carbocycles. The summed E-state index contributed by atoms with van der Waals surface area (Å²) >= 11 is 0. The summed E-state index contributed by atoms with van der Waals surface area (Å²) in [5.74, 6) is 1.00. The number of nitrogens with zero attached hydrogens (tertiary/aromatic N) is 3. The Morgan fingerprint density at radius 2 is 2.10 bits per heavy atom. The Hall–Kier alpha value is -1.79. The van der Waals surface area contributed by atoms with Crippen LogP contribution in [0.25, 0.3) is 0 Å². The quantitative estimate of drug-likeness (QED) is 0.520. The number of guanidine groups is 1. The molecule has 1 unspecified atom stereocenters. The second kappa shape index (κ2) is 12.2. The zero-order valence-electron chi connectivity index (χ0n) is 19.1. The molecule has 1 aromatic rings. The lowest BCUT2D eigenvalue weighted by Crippen LogP contribution is -2.48. The van der Waals surface area contributed by atoms with Crippen molar-refractivity contribution in [2.75, 3.05) is 57.9 Å². The van der Waals surface area contributed by atoms with E-state index in [4.69, 9.17) is 9.47 Å². The number of anilines is 1. The van der Waals surface area contributed by atoms with E-state index >= 15 is 0 Å². The predicted molar refractivity (Wildman–Crippen MR) is 125 cm³/mol. The van der Waals surface area contributed by atoms with Crippen molar-refractivity contribution in [1.29, 1.82) is 0 Å². The first kappa shape index (κ1) is 22.9. The lowest BCUT2D eigenvalue weighted by molar-refractivity contribution is -0.0721. The van der Waals surface area contributed by atoms with Crippen LogP contribution < -0.4 is 10.2 Å². The van der Waals surface area contributed by atoms with Gasteiger partial charge in [-0.3, -0.25) is 4.99 Å². The van der Waals surface area contributed by atoms with Crippen LogP contribution in [-0.2, 0) is 9.47 Å². The minimum absolute atomic E-state index is 0.307. The van der Waals surface area contributed by atoms with Crippen LogP contribution >= 0.6 is 0 Å². The standard InChI is InChI=1S/C24H40N4O2/c1-4-27(21-9-7-8-20(2)18-21)16-13-26-24(25-3)28-14-11-22(12-15-28)30-19-23-10-5-6-17-29-23/h7-9,18,22-23H,4-6,10-17,19H2,1-3H3,(H,25,26). The molecular formula is C24H40N4O2. The topological polar surface area (TPSA) is 49.3 Å². The average molecular weight is 417 g/mol. The summed E-state index contributed by atoms with van der Waals surface area (Å²) in [4.78, 5) is 9.28. The Morgan fingerprint density at radius 1 is 1.27 bits per heavy atom. The number of ether oxygens (including phenoxy) is 2. The summed E-state index contributed by atoms with van der Waals surface area (Å²) in [6.07, 6.45) is 6.38. The van der Waals surface area contributed by atoms with E-state index in [-0.39, 0.29) is 0 Å². The second-order valence-electron chi connectivity index (χ2n) is 8.40. The van der Waals surface area contributed by atoms with E-state index in [9.17, 15) is 0 Å². The second-order valence-corrected chi connectivity index (χ2v) is 8.40. The molecule has 2 aliphatic heterocycles. The zero-order valence-corrected chi connectivity index (χ0v) is 19.1. The summed E-state index contributed by atoms with van der Waals surface area (Å²) in [6, 6.07) is 8.72. The van der Waals surface area contributed by atoms with Crippen molar-refractivity contribution in [2.45, 2.75) is 58.2 Å². The number of likely N-dealkylation sites (tertiary alicyclic amines) is 1. The predicted octanol–water partition coefficient (Wildman–Crippen LogP) is 3.45. The van der Waals surface area contributed by atoms with Gasteiger partial charge in [-0.15, -0.1) is 0 Å². The fourth-order valence-corrected chi connectivity index (χ4v) is 4.35. The van der Waals surface area contributed by atoms with E-state index in [1.54, 1.807) is 0 Å². The number of likely N-dealkylation sites (N-methyl/N-ethyl adjacent to an activating group) is 1. The molecule has 3 rings (SSSR count). The first-order valence-electron chi connectivity index (χ1n) is 11.7. The highest BCUT2D eigenvalue weighted by Gasteiger charge is 2.23. The molecule has 2 aliphatic rings. The van der Waals surface area contributed by atoms with Gasteiger partial charge in [-0.1, -0.05) is 12.1 Å². The van der Waals surface area contributed by atoms with E-state index in [2.05, 4.69) is 58.2 Å². The summed E-state index contributed by atoms with van der Waals surface area (Å²) in [5, 5.41) is 3.56. The molecule has 2 heterocycles. The van der Waals surface area contributed by atoms with Gasteiger partial charge in [0.05, 0.1) is 18.8 Å². The van der Waals surface area contributed by atoms with Crippen molar-refractivity contribution in [3.05, 3.63) is 29.8 Å². The molecule has 0 radical (unpaired) electrons. The summed E-state index contributed by atoms with van der Waals surface area (Å²) in [6.45, 7) is 10.8. The van der Waals surface area contributed by atoms with Crippen LogP contribution in [0.5, 0.6) is 0 Å². The number of aliphatic imine (C=N–C) groups is 1. The minimum Gasteiger partial charge on any atom is -0.376 e. The third-order valence-electron chi connectivity index (χ3n) is 6.16. The molecular weight excluding hydrogens is 376 g/mol. The van der Waals surface area contributed by atoms with Gasteiger partial charge in [0.15, 0.2) is 5.96 Å². The van der Waals surface area contributed by atoms with Crippen molar-refractivity contribution >= 4 is 11.6 Å². The highest BCUT2D eigenvalue weighted by atomic mass is 16.5. The fraction of sp³-hybridized carbons (Fsp3) is 0.708. The van der Waals surface area contributed by atoms with Crippen molar-refractivity contribution in [2.24, 2.45) is 4.99 Å². The molecule has 0 saturated carbocycles. The largest absolute Gasteiger partial charge is 0.376 e. The third kappa shape index (κ3) is 6.88. The van der Waals surface area contributed by atoms with Crippen molar-refractivity contribution in [1.82, 2.24) is 10.2 Å². The molecule has 0 aliphatic carbocycles. The average Bonchev–Trinajstić information content (AvgIpc) is 2.79. The van der Waals surface area contributed by atoms with Crippen LogP contribution in [0.2, 0.25) is 0 Å². The number of hydrogen-bond acceptors (Lipinski definition) is 4. The highest BCUT2D eigenvalue weighted by molar-refractivity contribution is 5.80. The smallest absolute Gasteiger partial charge is 0.193 e. The molecule has 30 heavy (non-hydrogen) atoms. The van der Waals surface area contributed by atoms with Gasteiger partial charge < -0.3 is 24.6 Å². The number of hydrogen-bond donors (Lipinski definition) is 1. The monoisotopic (exact) mass is 416 g/mol. The minimum atomic E-state index is 0.307. The summed E-state index contributed by atoms with van der Waals surface area (Å²) in [7, 11) is 1.88. The molecule has 6 nitrogen and oxygen atoms in total. The maximum atomic E-state index is 6.15. The van der Waals surface area contributed by atoms with Crippen molar-refractivity contribution < 1.29 is 9.47 Å². The van der Waals surface area contributed by atoms with Crippen LogP contribution in [0.4, 0.5) is 5.69 Å². The molecule has 2 saturated heterocycles. The van der Waals surface area contributed by atoms with Crippen molar-refractivity contribution in [3.63, 3.8) is 0 Å². The van der Waals surface area contributed by atoms with Crippen LogP contribution in [-0.4, -0.2) is 76.1 Å². The number of benzene rings is 1. The lowest BCUT2D eigenvalue weighted by Gasteiger charge is -2.35. The maximum Gasteiger partial charge on any atom is 0.193 e. The lowest BCUT2D eigenvalue weighted by atomic mass is 10.1. The van der Waals surface area contributed by atoms with Gasteiger partial charge >= 0.3 is 0 Å². The fourth-order valence-electron chi connectivity index (χ4n) is 4.35. The number of nitrogens with one attached hydrogen (secondary N) is 1. The van der Waals surface area contributed by atoms with Gasteiger partial charge in [-0.05, 0) is 63.6 Å². The van der Waals surface area contributed by atoms with Gasteiger partial charge in [0.2, 0.25) is 0 Å². The Kier molecular flexibility index (Phi) is 9.27. The molecule has 0 aromatic heterocycles. The molecule has 2 fully saturated rings. The number of piperidine rings is 1. The molecule has 168 valence electrons. The van der Waals surface area contributed by atoms with Gasteiger partial charge in [0, 0.05) is 52.1 Å². The van der Waals surface area contributed by atoms with Crippen LogP contribution in [0.3, 0.4) is 0 Å². The molecule has 0 spiro atoms. The van der Waals surface area contributed by atoms with Crippen LogP contribution in [0.1, 0.15) is 44.6 Å². The molecule has 1 N–H and O–H groups in total. The number of rotatable bonds is 8. The van der Waals surface area contributed by atoms with E-state index in [1.165, 1.54) is 24.1 Å². The first-order chi connectivity index (χ1) is 14.7. The van der Waals surface area contributed by atoms with Crippen LogP contribution in [0, 0.1) is 6.92 Å². The van der Waals surface area contributed by atoms with Gasteiger partial charge in [-0.25, -0.2) is 0 Å². The first-order valence-corrected chi connectivity index (χ1v) is 11.7. The molecule has 6 heteroatoms.